The first-order valence-corrected chi connectivity index (χ1v) is 10.9. The molecule has 2 unspecified atom stereocenters. The average molecular weight is 372 g/mol. The fraction of sp³-hybridized carbons (Fsp3) is 0.640. The van der Waals surface area contributed by atoms with Crippen molar-refractivity contribution in [2.24, 2.45) is 5.92 Å². The van der Waals surface area contributed by atoms with E-state index >= 15 is 0 Å². The first-order chi connectivity index (χ1) is 12.9. The third-order valence-corrected chi connectivity index (χ3v) is 5.71. The molecule has 1 aromatic rings. The lowest BCUT2D eigenvalue weighted by Gasteiger charge is -2.21. The molecule has 2 rings (SSSR count). The van der Waals surface area contributed by atoms with Crippen LogP contribution in [0.15, 0.2) is 42.5 Å². The Morgan fingerprint density at radius 2 is 1.70 bits per heavy atom. The van der Waals surface area contributed by atoms with Crippen molar-refractivity contribution in [2.45, 2.75) is 97.4 Å². The minimum Gasteiger partial charge on any atom is -0.354 e. The summed E-state index contributed by atoms with van der Waals surface area (Å²) in [6, 6.07) is 11.3. The van der Waals surface area contributed by atoms with Crippen LogP contribution in [-0.4, -0.2) is 11.9 Å². The number of nitrogens with one attached hydrogen (secondary N) is 1. The number of carbonyl (C=O) groups is 1. The second kappa shape index (κ2) is 13.6. The number of carbonyl (C=O) groups excluding carboxylic acids is 1. The summed E-state index contributed by atoms with van der Waals surface area (Å²) in [6.45, 7) is 12.0. The first kappa shape index (κ1) is 23.5. The first-order valence-electron chi connectivity index (χ1n) is 10.9. The van der Waals surface area contributed by atoms with Crippen LogP contribution in [-0.2, 0) is 4.79 Å². The van der Waals surface area contributed by atoms with Crippen LogP contribution in [0.2, 0.25) is 0 Å². The van der Waals surface area contributed by atoms with Gasteiger partial charge in [-0.25, -0.2) is 0 Å². The molecule has 1 amide bonds. The normalized spacial score (nSPS) is 16.6. The smallest absolute Gasteiger partial charge is 0.217 e. The molecule has 0 aromatic heterocycles. The second-order valence-electron chi connectivity index (χ2n) is 8.26. The van der Waals surface area contributed by atoms with Gasteiger partial charge in [-0.15, -0.1) is 0 Å². The van der Waals surface area contributed by atoms with E-state index in [1.54, 1.807) is 12.5 Å². The summed E-state index contributed by atoms with van der Waals surface area (Å²) in [5.74, 6) is 1.49. The highest BCUT2D eigenvalue weighted by Gasteiger charge is 2.14. The Kier molecular flexibility index (Phi) is 11.8. The molecule has 1 saturated carbocycles. The monoisotopic (exact) mass is 371 g/mol. The standard InChI is InChI=1S/C13H25NO.C12H16/c1-6-7-13(14-12(5)15)9-8-11(4)10(2)3;1-3-7-11(8-4-1)12-9-5-2-6-10-12/h11,13H,2,6-9H2,1,3-5H3,(H,14,15);1,3-4,7-8,12H,2,5-6,9-10H2. The van der Waals surface area contributed by atoms with Gasteiger partial charge < -0.3 is 5.32 Å². The van der Waals surface area contributed by atoms with Crippen LogP contribution in [0.25, 0.3) is 0 Å². The molecule has 0 bridgehead atoms. The molecule has 0 radical (unpaired) electrons. The molecule has 0 spiro atoms. The van der Waals surface area contributed by atoms with Crippen molar-refractivity contribution >= 4 is 5.91 Å². The van der Waals surface area contributed by atoms with Crippen molar-refractivity contribution < 1.29 is 4.79 Å². The molecule has 0 aliphatic heterocycles. The maximum Gasteiger partial charge on any atom is 0.217 e. The van der Waals surface area contributed by atoms with E-state index in [1.165, 1.54) is 37.7 Å². The predicted octanol–water partition coefficient (Wildman–Crippen LogP) is 7.02. The highest BCUT2D eigenvalue weighted by Crippen LogP contribution is 2.32. The number of rotatable bonds is 8. The van der Waals surface area contributed by atoms with Gasteiger partial charge in [0, 0.05) is 13.0 Å². The Morgan fingerprint density at radius 1 is 1.07 bits per heavy atom. The number of hydrogen-bond acceptors (Lipinski definition) is 1. The second-order valence-corrected chi connectivity index (χ2v) is 8.26. The highest BCUT2D eigenvalue weighted by atomic mass is 16.1. The summed E-state index contributed by atoms with van der Waals surface area (Å²) in [7, 11) is 0. The fourth-order valence-corrected chi connectivity index (χ4v) is 3.78. The Balaban J connectivity index is 0.000000274. The van der Waals surface area contributed by atoms with Crippen LogP contribution in [0.3, 0.4) is 0 Å². The molecule has 1 N–H and O–H groups in total. The summed E-state index contributed by atoms with van der Waals surface area (Å²) in [5.41, 5.74) is 2.78. The Bertz CT molecular complexity index is 531. The van der Waals surface area contributed by atoms with Crippen molar-refractivity contribution in [3.8, 4) is 0 Å². The Hall–Kier alpha value is -1.57. The molecule has 152 valence electrons. The summed E-state index contributed by atoms with van der Waals surface area (Å²) < 4.78 is 0. The molecular formula is C25H41NO. The molecule has 1 aliphatic carbocycles. The van der Waals surface area contributed by atoms with Gasteiger partial charge in [0.1, 0.15) is 0 Å². The maximum atomic E-state index is 11.0. The van der Waals surface area contributed by atoms with Crippen LogP contribution in [0.4, 0.5) is 0 Å². The van der Waals surface area contributed by atoms with E-state index in [4.69, 9.17) is 0 Å². The predicted molar refractivity (Wildman–Crippen MR) is 118 cm³/mol. The van der Waals surface area contributed by atoms with Gasteiger partial charge in [-0.2, -0.15) is 0 Å². The number of amides is 1. The van der Waals surface area contributed by atoms with Gasteiger partial charge in [-0.1, -0.05) is 82.0 Å². The van der Waals surface area contributed by atoms with Crippen LogP contribution in [0.5, 0.6) is 0 Å². The molecule has 0 heterocycles. The van der Waals surface area contributed by atoms with E-state index in [-0.39, 0.29) is 5.91 Å². The lowest BCUT2D eigenvalue weighted by atomic mass is 9.84. The average Bonchev–Trinajstić information content (AvgIpc) is 2.67. The quantitative estimate of drug-likeness (QED) is 0.489. The summed E-state index contributed by atoms with van der Waals surface area (Å²) >= 11 is 0. The largest absolute Gasteiger partial charge is 0.354 e. The van der Waals surface area contributed by atoms with Crippen LogP contribution < -0.4 is 5.32 Å². The molecule has 0 saturated heterocycles. The number of hydrogen-bond donors (Lipinski definition) is 1. The van der Waals surface area contributed by atoms with E-state index in [2.05, 4.69) is 63.0 Å². The molecule has 1 aromatic carbocycles. The van der Waals surface area contributed by atoms with Gasteiger partial charge in [0.2, 0.25) is 5.91 Å². The summed E-state index contributed by atoms with van der Waals surface area (Å²) in [4.78, 5) is 11.0. The van der Waals surface area contributed by atoms with E-state index in [1.807, 2.05) is 0 Å². The lowest BCUT2D eigenvalue weighted by molar-refractivity contribution is -0.119. The zero-order valence-electron chi connectivity index (χ0n) is 18.1. The Morgan fingerprint density at radius 3 is 2.22 bits per heavy atom. The van der Waals surface area contributed by atoms with E-state index in [9.17, 15) is 4.79 Å². The minimum atomic E-state index is 0.0800. The molecule has 2 atom stereocenters. The third kappa shape index (κ3) is 10.4. The van der Waals surface area contributed by atoms with Crippen molar-refractivity contribution in [3.63, 3.8) is 0 Å². The van der Waals surface area contributed by atoms with Gasteiger partial charge in [0.05, 0.1) is 0 Å². The van der Waals surface area contributed by atoms with Crippen molar-refractivity contribution in [1.29, 1.82) is 0 Å². The summed E-state index contributed by atoms with van der Waals surface area (Å²) in [6.07, 6.45) is 11.5. The zero-order valence-corrected chi connectivity index (χ0v) is 18.1. The molecule has 27 heavy (non-hydrogen) atoms. The number of benzene rings is 1. The zero-order chi connectivity index (χ0) is 20.1. The fourth-order valence-electron chi connectivity index (χ4n) is 3.78. The van der Waals surface area contributed by atoms with Gasteiger partial charge in [0.15, 0.2) is 0 Å². The maximum absolute atomic E-state index is 11.0. The van der Waals surface area contributed by atoms with Gasteiger partial charge in [0.25, 0.3) is 0 Å². The number of allylic oxidation sites excluding steroid dienone is 1. The molecule has 1 aliphatic rings. The van der Waals surface area contributed by atoms with E-state index in [0.717, 1.165) is 31.6 Å². The molecule has 2 nitrogen and oxygen atoms in total. The minimum absolute atomic E-state index is 0.0800. The Labute approximate surface area is 167 Å². The summed E-state index contributed by atoms with van der Waals surface area (Å²) in [5, 5.41) is 3.01. The van der Waals surface area contributed by atoms with E-state index in [0.29, 0.717) is 12.0 Å². The third-order valence-electron chi connectivity index (χ3n) is 5.71. The van der Waals surface area contributed by atoms with Crippen molar-refractivity contribution in [3.05, 3.63) is 48.0 Å². The van der Waals surface area contributed by atoms with Gasteiger partial charge in [-0.3, -0.25) is 4.79 Å². The topological polar surface area (TPSA) is 29.1 Å². The lowest BCUT2D eigenvalue weighted by Crippen LogP contribution is -2.33. The molecule has 1 fully saturated rings. The van der Waals surface area contributed by atoms with Crippen LogP contribution in [0, 0.1) is 5.92 Å². The van der Waals surface area contributed by atoms with E-state index < -0.39 is 0 Å². The molecular weight excluding hydrogens is 330 g/mol. The SMILES string of the molecule is C=C(C)C(C)CCC(CCC)NC(C)=O.c1ccc(C2CCCCC2)cc1. The van der Waals surface area contributed by atoms with Crippen molar-refractivity contribution in [2.75, 3.05) is 0 Å². The molecule has 2 heteroatoms. The van der Waals surface area contributed by atoms with Crippen LogP contribution >= 0.6 is 0 Å². The van der Waals surface area contributed by atoms with Crippen LogP contribution in [0.1, 0.15) is 97.0 Å². The van der Waals surface area contributed by atoms with Gasteiger partial charge >= 0.3 is 0 Å². The van der Waals surface area contributed by atoms with Gasteiger partial charge in [-0.05, 0) is 56.4 Å². The van der Waals surface area contributed by atoms with Crippen molar-refractivity contribution in [1.82, 2.24) is 5.32 Å². The highest BCUT2D eigenvalue weighted by molar-refractivity contribution is 5.73.